The molecule has 0 spiro atoms. The minimum absolute atomic E-state index is 0.490. The van der Waals surface area contributed by atoms with Crippen molar-refractivity contribution >= 4 is 5.71 Å². The molecule has 0 atom stereocenters. The van der Waals surface area contributed by atoms with E-state index >= 15 is 0 Å². The molecule has 1 heterocycles. The average Bonchev–Trinajstić information content (AvgIpc) is 1.90. The third-order valence-electron chi connectivity index (χ3n) is 0.814. The van der Waals surface area contributed by atoms with E-state index in [0.717, 1.165) is 0 Å². The first-order valence-electron chi connectivity index (χ1n) is 2.28. The number of nitrogens with one attached hydrogen (secondary N) is 1. The summed E-state index contributed by atoms with van der Waals surface area (Å²) in [5.74, 6) is 0. The van der Waals surface area contributed by atoms with Crippen LogP contribution < -0.4 is 5.32 Å². The lowest BCUT2D eigenvalue weighted by molar-refractivity contribution is 0.875. The Labute approximate surface area is 47.3 Å². The van der Waals surface area contributed by atoms with Gasteiger partial charge in [0.1, 0.15) is 18.4 Å². The van der Waals surface area contributed by atoms with Crippen molar-refractivity contribution in [3.63, 3.8) is 0 Å². The van der Waals surface area contributed by atoms with Gasteiger partial charge >= 0.3 is 0 Å². The molecule has 0 aromatic carbocycles. The van der Waals surface area contributed by atoms with Crippen LogP contribution in [0.4, 0.5) is 0 Å². The van der Waals surface area contributed by atoms with Gasteiger partial charge in [0.25, 0.3) is 0 Å². The number of allylic oxidation sites excluding steroid dienone is 1. The molecule has 0 radical (unpaired) electrons. The van der Waals surface area contributed by atoms with Crippen LogP contribution in [0, 0.1) is 11.3 Å². The Kier molecular flexibility index (Phi) is 1.29. The van der Waals surface area contributed by atoms with E-state index in [1.165, 1.54) is 0 Å². The van der Waals surface area contributed by atoms with Crippen molar-refractivity contribution in [2.24, 2.45) is 4.99 Å². The van der Waals surface area contributed by atoms with Crippen molar-refractivity contribution < 1.29 is 0 Å². The molecule has 0 aromatic heterocycles. The Morgan fingerprint density at radius 2 is 2.75 bits per heavy atom. The van der Waals surface area contributed by atoms with Crippen LogP contribution in [0.2, 0.25) is 0 Å². The smallest absolute Gasteiger partial charge is 0.138 e. The Bertz CT molecular complexity index is 173. The molecule has 0 aromatic rings. The van der Waals surface area contributed by atoms with Crippen molar-refractivity contribution in [1.82, 2.24) is 5.32 Å². The fourth-order valence-corrected chi connectivity index (χ4v) is 0.447. The molecule has 0 saturated heterocycles. The van der Waals surface area contributed by atoms with Gasteiger partial charge in [-0.2, -0.15) is 5.26 Å². The van der Waals surface area contributed by atoms with E-state index in [1.54, 1.807) is 12.3 Å². The van der Waals surface area contributed by atoms with Gasteiger partial charge in [-0.3, -0.25) is 4.99 Å². The largest absolute Gasteiger partial charge is 0.372 e. The van der Waals surface area contributed by atoms with Crippen LogP contribution in [-0.2, 0) is 0 Å². The zero-order valence-corrected chi connectivity index (χ0v) is 4.26. The standard InChI is InChI=1S/C5H5N3/c6-3-5-1-2-7-4-8-5/h1-2,7H,4H2. The van der Waals surface area contributed by atoms with Gasteiger partial charge < -0.3 is 5.32 Å². The average molecular weight is 107 g/mol. The lowest BCUT2D eigenvalue weighted by Crippen LogP contribution is -2.11. The summed E-state index contributed by atoms with van der Waals surface area (Å²) in [5, 5.41) is 11.1. The van der Waals surface area contributed by atoms with E-state index in [-0.39, 0.29) is 0 Å². The fourth-order valence-electron chi connectivity index (χ4n) is 0.447. The second-order valence-corrected chi connectivity index (χ2v) is 1.35. The first-order chi connectivity index (χ1) is 3.93. The van der Waals surface area contributed by atoms with E-state index in [1.807, 2.05) is 6.07 Å². The summed E-state index contributed by atoms with van der Waals surface area (Å²) >= 11 is 0. The van der Waals surface area contributed by atoms with E-state index in [2.05, 4.69) is 10.3 Å². The van der Waals surface area contributed by atoms with Crippen molar-refractivity contribution in [3.05, 3.63) is 12.3 Å². The van der Waals surface area contributed by atoms with Crippen LogP contribution in [0.1, 0.15) is 0 Å². The minimum atomic E-state index is 0.490. The second-order valence-electron chi connectivity index (χ2n) is 1.35. The van der Waals surface area contributed by atoms with Crippen molar-refractivity contribution in [2.45, 2.75) is 0 Å². The Morgan fingerprint density at radius 3 is 3.12 bits per heavy atom. The van der Waals surface area contributed by atoms with E-state index in [4.69, 9.17) is 5.26 Å². The molecule has 0 amide bonds. The summed E-state index contributed by atoms with van der Waals surface area (Å²) in [4.78, 5) is 3.81. The molecule has 1 aliphatic rings. The van der Waals surface area contributed by atoms with Gasteiger partial charge in [-0.05, 0) is 6.08 Å². The maximum atomic E-state index is 8.23. The van der Waals surface area contributed by atoms with Crippen LogP contribution in [0.3, 0.4) is 0 Å². The van der Waals surface area contributed by atoms with Gasteiger partial charge in [-0.1, -0.05) is 0 Å². The number of rotatable bonds is 0. The molecule has 8 heavy (non-hydrogen) atoms. The van der Waals surface area contributed by atoms with Gasteiger partial charge in [0.15, 0.2) is 0 Å². The number of hydrogen-bond donors (Lipinski definition) is 1. The minimum Gasteiger partial charge on any atom is -0.372 e. The highest BCUT2D eigenvalue weighted by Crippen LogP contribution is 1.83. The third-order valence-corrected chi connectivity index (χ3v) is 0.814. The molecule has 40 valence electrons. The van der Waals surface area contributed by atoms with E-state index in [0.29, 0.717) is 12.4 Å². The van der Waals surface area contributed by atoms with Crippen molar-refractivity contribution in [2.75, 3.05) is 6.67 Å². The predicted octanol–water partition coefficient (Wildman–Crippen LogP) is 0.0254. The molecule has 1 rings (SSSR count). The van der Waals surface area contributed by atoms with E-state index in [9.17, 15) is 0 Å². The SMILES string of the molecule is N#CC1=NCNC=C1. The van der Waals surface area contributed by atoms with Crippen molar-refractivity contribution in [3.8, 4) is 6.07 Å². The third kappa shape index (κ3) is 0.850. The summed E-state index contributed by atoms with van der Waals surface area (Å²) in [5.41, 5.74) is 0.490. The van der Waals surface area contributed by atoms with Gasteiger partial charge in [-0.25, -0.2) is 0 Å². The van der Waals surface area contributed by atoms with Gasteiger partial charge in [0.05, 0.1) is 0 Å². The molecule has 3 heteroatoms. The Morgan fingerprint density at radius 1 is 1.88 bits per heavy atom. The molecule has 1 aliphatic heterocycles. The van der Waals surface area contributed by atoms with Crippen LogP contribution in [0.15, 0.2) is 17.3 Å². The monoisotopic (exact) mass is 107 g/mol. The topological polar surface area (TPSA) is 48.2 Å². The molecular formula is C5H5N3. The van der Waals surface area contributed by atoms with Crippen LogP contribution in [0.25, 0.3) is 0 Å². The molecule has 1 N–H and O–H groups in total. The normalized spacial score (nSPS) is 16.1. The lowest BCUT2D eigenvalue weighted by Gasteiger charge is -1.98. The zero-order valence-electron chi connectivity index (χ0n) is 4.26. The lowest BCUT2D eigenvalue weighted by atomic mass is 10.4. The highest BCUT2D eigenvalue weighted by Gasteiger charge is 1.91. The molecule has 0 fully saturated rings. The number of nitriles is 1. The summed E-state index contributed by atoms with van der Waals surface area (Å²) in [7, 11) is 0. The summed E-state index contributed by atoms with van der Waals surface area (Å²) in [6.07, 6.45) is 3.36. The van der Waals surface area contributed by atoms with Gasteiger partial charge in [-0.15, -0.1) is 0 Å². The summed E-state index contributed by atoms with van der Waals surface area (Å²) in [6, 6.07) is 1.93. The van der Waals surface area contributed by atoms with Gasteiger partial charge in [0, 0.05) is 6.20 Å². The first kappa shape index (κ1) is 4.85. The number of hydrogen-bond acceptors (Lipinski definition) is 3. The molecular weight excluding hydrogens is 102 g/mol. The highest BCUT2D eigenvalue weighted by atomic mass is 15.0. The highest BCUT2D eigenvalue weighted by molar-refractivity contribution is 6.07. The maximum Gasteiger partial charge on any atom is 0.138 e. The quantitative estimate of drug-likeness (QED) is 0.474. The number of nitrogens with zero attached hydrogens (tertiary/aromatic N) is 2. The zero-order chi connectivity index (χ0) is 5.82. The molecule has 0 saturated carbocycles. The second kappa shape index (κ2) is 2.12. The molecule has 0 unspecified atom stereocenters. The summed E-state index contributed by atoms with van der Waals surface area (Å²) < 4.78 is 0. The van der Waals surface area contributed by atoms with Crippen molar-refractivity contribution in [1.29, 1.82) is 5.26 Å². The fraction of sp³-hybridized carbons (Fsp3) is 0.200. The number of aliphatic imine (C=N–C) groups is 1. The molecule has 3 nitrogen and oxygen atoms in total. The maximum absolute atomic E-state index is 8.23. The first-order valence-corrected chi connectivity index (χ1v) is 2.28. The molecule has 0 bridgehead atoms. The molecule has 0 aliphatic carbocycles. The predicted molar refractivity (Wildman–Crippen MR) is 30.2 cm³/mol. The Hall–Kier alpha value is -1.30. The van der Waals surface area contributed by atoms with Crippen LogP contribution in [0.5, 0.6) is 0 Å². The van der Waals surface area contributed by atoms with Crippen LogP contribution in [-0.4, -0.2) is 12.4 Å². The Balaban J connectivity index is 2.68. The summed E-state index contributed by atoms with van der Waals surface area (Å²) in [6.45, 7) is 0.527. The van der Waals surface area contributed by atoms with Crippen LogP contribution >= 0.6 is 0 Å². The van der Waals surface area contributed by atoms with Gasteiger partial charge in [0.2, 0.25) is 0 Å². The van der Waals surface area contributed by atoms with E-state index < -0.39 is 0 Å².